The minimum atomic E-state index is 0.250. The van der Waals surface area contributed by atoms with Crippen molar-refractivity contribution in [3.8, 4) is 0 Å². The highest BCUT2D eigenvalue weighted by molar-refractivity contribution is 5.20. The molecule has 14 heavy (non-hydrogen) atoms. The Bertz CT molecular complexity index is 220. The van der Waals surface area contributed by atoms with Crippen molar-refractivity contribution in [2.45, 2.75) is 26.7 Å². The van der Waals surface area contributed by atoms with Gasteiger partial charge in [-0.15, -0.1) is 0 Å². The summed E-state index contributed by atoms with van der Waals surface area (Å²) in [6, 6.07) is 0. The van der Waals surface area contributed by atoms with Crippen LogP contribution in [-0.2, 0) is 0 Å². The largest absolute Gasteiger partial charge is 0.392 e. The first kappa shape index (κ1) is 11.7. The van der Waals surface area contributed by atoms with Crippen LogP contribution in [0.4, 0.5) is 0 Å². The molecule has 82 valence electrons. The Morgan fingerprint density at radius 1 is 1.14 bits per heavy atom. The SMILES string of the molecule is CC1CC(CO)=C(CN(C)C)CC1C. The van der Waals surface area contributed by atoms with Gasteiger partial charge in [-0.25, -0.2) is 0 Å². The van der Waals surface area contributed by atoms with Gasteiger partial charge in [-0.2, -0.15) is 0 Å². The van der Waals surface area contributed by atoms with E-state index in [2.05, 4.69) is 32.8 Å². The Balaban J connectivity index is 2.75. The van der Waals surface area contributed by atoms with E-state index >= 15 is 0 Å². The van der Waals surface area contributed by atoms with Crippen LogP contribution in [-0.4, -0.2) is 37.3 Å². The first-order valence-electron chi connectivity index (χ1n) is 5.50. The van der Waals surface area contributed by atoms with E-state index in [1.807, 2.05) is 0 Å². The molecule has 0 bridgehead atoms. The van der Waals surface area contributed by atoms with Crippen LogP contribution in [0.25, 0.3) is 0 Å². The molecule has 0 heterocycles. The highest BCUT2D eigenvalue weighted by atomic mass is 16.3. The summed E-state index contributed by atoms with van der Waals surface area (Å²) < 4.78 is 0. The summed E-state index contributed by atoms with van der Waals surface area (Å²) >= 11 is 0. The minimum Gasteiger partial charge on any atom is -0.392 e. The zero-order chi connectivity index (χ0) is 10.7. The van der Waals surface area contributed by atoms with Gasteiger partial charge in [-0.3, -0.25) is 0 Å². The van der Waals surface area contributed by atoms with Gasteiger partial charge in [0.25, 0.3) is 0 Å². The summed E-state index contributed by atoms with van der Waals surface area (Å²) in [6.45, 7) is 5.86. The van der Waals surface area contributed by atoms with E-state index in [9.17, 15) is 5.11 Å². The van der Waals surface area contributed by atoms with Crippen LogP contribution in [0.2, 0.25) is 0 Å². The summed E-state index contributed by atoms with van der Waals surface area (Å²) in [5.74, 6) is 1.49. The van der Waals surface area contributed by atoms with E-state index in [0.29, 0.717) is 0 Å². The third kappa shape index (κ3) is 2.82. The molecule has 2 atom stereocenters. The Morgan fingerprint density at radius 2 is 1.64 bits per heavy atom. The summed E-state index contributed by atoms with van der Waals surface area (Å²) in [6.07, 6.45) is 2.25. The fourth-order valence-electron chi connectivity index (χ4n) is 2.20. The number of rotatable bonds is 3. The molecule has 0 aromatic heterocycles. The van der Waals surface area contributed by atoms with Crippen molar-refractivity contribution in [2.24, 2.45) is 11.8 Å². The highest BCUT2D eigenvalue weighted by Gasteiger charge is 2.23. The fourth-order valence-corrected chi connectivity index (χ4v) is 2.20. The van der Waals surface area contributed by atoms with Crippen LogP contribution in [0.3, 0.4) is 0 Å². The second-order valence-corrected chi connectivity index (χ2v) is 4.97. The van der Waals surface area contributed by atoms with Gasteiger partial charge in [0.2, 0.25) is 0 Å². The number of hydrogen-bond acceptors (Lipinski definition) is 2. The van der Waals surface area contributed by atoms with Gasteiger partial charge >= 0.3 is 0 Å². The average Bonchev–Trinajstić information content (AvgIpc) is 2.10. The van der Waals surface area contributed by atoms with Gasteiger partial charge in [-0.05, 0) is 44.3 Å². The van der Waals surface area contributed by atoms with E-state index in [4.69, 9.17) is 0 Å². The average molecular weight is 197 g/mol. The standard InChI is InChI=1S/C12H23NO/c1-9-5-11(7-13(3)4)12(8-14)6-10(9)2/h9-10,14H,5-8H2,1-4H3. The summed E-state index contributed by atoms with van der Waals surface area (Å²) in [5, 5.41) is 9.30. The number of aliphatic hydroxyl groups excluding tert-OH is 1. The van der Waals surface area contributed by atoms with E-state index in [-0.39, 0.29) is 6.61 Å². The van der Waals surface area contributed by atoms with Gasteiger partial charge in [0.05, 0.1) is 6.61 Å². The lowest BCUT2D eigenvalue weighted by molar-refractivity contribution is 0.280. The van der Waals surface area contributed by atoms with Crippen molar-refractivity contribution in [3.63, 3.8) is 0 Å². The molecule has 0 saturated carbocycles. The number of hydrogen-bond donors (Lipinski definition) is 1. The topological polar surface area (TPSA) is 23.5 Å². The number of nitrogens with zero attached hydrogens (tertiary/aromatic N) is 1. The van der Waals surface area contributed by atoms with Crippen LogP contribution in [0.15, 0.2) is 11.1 Å². The van der Waals surface area contributed by atoms with Crippen molar-refractivity contribution in [2.75, 3.05) is 27.2 Å². The van der Waals surface area contributed by atoms with Gasteiger partial charge in [0, 0.05) is 6.54 Å². The molecule has 0 amide bonds. The smallest absolute Gasteiger partial charge is 0.0644 e. The van der Waals surface area contributed by atoms with Crippen LogP contribution >= 0.6 is 0 Å². The quantitative estimate of drug-likeness (QED) is 0.699. The first-order valence-corrected chi connectivity index (χ1v) is 5.50. The normalized spacial score (nSPS) is 28.7. The lowest BCUT2D eigenvalue weighted by Gasteiger charge is -2.31. The van der Waals surface area contributed by atoms with Crippen molar-refractivity contribution in [1.29, 1.82) is 0 Å². The molecule has 0 fully saturated rings. The monoisotopic (exact) mass is 197 g/mol. The van der Waals surface area contributed by atoms with E-state index < -0.39 is 0 Å². The van der Waals surface area contributed by atoms with Gasteiger partial charge in [0.1, 0.15) is 0 Å². The molecule has 1 aliphatic rings. The summed E-state index contributed by atoms with van der Waals surface area (Å²) in [7, 11) is 4.18. The molecule has 0 spiro atoms. The third-order valence-corrected chi connectivity index (χ3v) is 3.31. The minimum absolute atomic E-state index is 0.250. The van der Waals surface area contributed by atoms with Gasteiger partial charge < -0.3 is 10.0 Å². The Labute approximate surface area is 87.6 Å². The lowest BCUT2D eigenvalue weighted by Crippen LogP contribution is -2.25. The van der Waals surface area contributed by atoms with E-state index in [0.717, 1.165) is 31.2 Å². The van der Waals surface area contributed by atoms with Crippen molar-refractivity contribution in [1.82, 2.24) is 4.90 Å². The van der Waals surface area contributed by atoms with E-state index in [1.54, 1.807) is 0 Å². The first-order chi connectivity index (χ1) is 6.54. The molecule has 0 aliphatic heterocycles. The zero-order valence-electron chi connectivity index (χ0n) is 9.88. The molecule has 1 aliphatic carbocycles. The number of aliphatic hydroxyl groups is 1. The van der Waals surface area contributed by atoms with Crippen LogP contribution < -0.4 is 0 Å². The Morgan fingerprint density at radius 3 is 2.07 bits per heavy atom. The van der Waals surface area contributed by atoms with Crippen LogP contribution in [0, 0.1) is 11.8 Å². The molecule has 2 nitrogen and oxygen atoms in total. The van der Waals surface area contributed by atoms with Gasteiger partial charge in [0.15, 0.2) is 0 Å². The molecule has 2 heteroatoms. The van der Waals surface area contributed by atoms with Crippen LogP contribution in [0.1, 0.15) is 26.7 Å². The van der Waals surface area contributed by atoms with E-state index in [1.165, 1.54) is 11.1 Å². The summed E-state index contributed by atoms with van der Waals surface area (Å²) in [5.41, 5.74) is 2.74. The molecule has 0 radical (unpaired) electrons. The second-order valence-electron chi connectivity index (χ2n) is 4.97. The van der Waals surface area contributed by atoms with Crippen molar-refractivity contribution >= 4 is 0 Å². The molecule has 0 aromatic rings. The maximum Gasteiger partial charge on any atom is 0.0644 e. The predicted octanol–water partition coefficient (Wildman–Crippen LogP) is 1.90. The zero-order valence-corrected chi connectivity index (χ0v) is 9.88. The maximum atomic E-state index is 9.30. The number of likely N-dealkylation sites (N-methyl/N-ethyl adjacent to an activating group) is 1. The van der Waals surface area contributed by atoms with Crippen molar-refractivity contribution in [3.05, 3.63) is 11.1 Å². The summed E-state index contributed by atoms with van der Waals surface area (Å²) in [4.78, 5) is 2.19. The molecular weight excluding hydrogens is 174 g/mol. The van der Waals surface area contributed by atoms with Crippen molar-refractivity contribution < 1.29 is 5.11 Å². The Hall–Kier alpha value is -0.340. The lowest BCUT2D eigenvalue weighted by atomic mass is 9.78. The molecular formula is C12H23NO. The van der Waals surface area contributed by atoms with Crippen LogP contribution in [0.5, 0.6) is 0 Å². The molecule has 0 aromatic carbocycles. The maximum absolute atomic E-state index is 9.30. The fraction of sp³-hybridized carbons (Fsp3) is 0.833. The highest BCUT2D eigenvalue weighted by Crippen LogP contribution is 2.33. The predicted molar refractivity (Wildman–Crippen MR) is 60.2 cm³/mol. The molecule has 2 unspecified atom stereocenters. The third-order valence-electron chi connectivity index (χ3n) is 3.31. The molecule has 0 saturated heterocycles. The molecule has 1 N–H and O–H groups in total. The second kappa shape index (κ2) is 4.94. The Kier molecular flexibility index (Phi) is 4.14. The molecule has 1 rings (SSSR count). The van der Waals surface area contributed by atoms with Gasteiger partial charge in [-0.1, -0.05) is 19.4 Å².